The highest BCUT2D eigenvalue weighted by Gasteiger charge is 2.03. The van der Waals surface area contributed by atoms with E-state index in [1.807, 2.05) is 25.1 Å². The van der Waals surface area contributed by atoms with E-state index in [1.54, 1.807) is 24.3 Å². The zero-order valence-electron chi connectivity index (χ0n) is 13.0. The fraction of sp³-hybridized carbons (Fsp3) is 0.176. The molecule has 0 aliphatic rings. The topological polar surface area (TPSA) is 59.9 Å². The largest absolute Gasteiger partial charge is 0.493 e. The summed E-state index contributed by atoms with van der Waals surface area (Å²) < 4.78 is 6.26. The summed E-state index contributed by atoms with van der Waals surface area (Å²) in [5.74, 6) is 0.459. The van der Waals surface area contributed by atoms with Crippen LogP contribution >= 0.6 is 27.5 Å². The molecule has 5 nitrogen and oxygen atoms in total. The van der Waals surface area contributed by atoms with Gasteiger partial charge in [-0.3, -0.25) is 4.79 Å². The summed E-state index contributed by atoms with van der Waals surface area (Å²) in [6, 6.07) is 12.3. The van der Waals surface area contributed by atoms with Gasteiger partial charge in [-0.1, -0.05) is 16.8 Å². The Morgan fingerprint density at radius 1 is 1.29 bits per heavy atom. The predicted octanol–water partition coefficient (Wildman–Crippen LogP) is 4.49. The average molecular weight is 412 g/mol. The molecule has 0 saturated heterocycles. The number of halogens is 2. The SMILES string of the molecule is CCOc1ccc(/C=N/OCC(=O)Nc2ccc(Cl)cc2)cc1Br. The molecular weight excluding hydrogens is 396 g/mol. The molecule has 126 valence electrons. The number of carbonyl (C=O) groups is 1. The van der Waals surface area contributed by atoms with Gasteiger partial charge >= 0.3 is 0 Å². The fourth-order valence-corrected chi connectivity index (χ4v) is 2.43. The minimum atomic E-state index is -0.303. The minimum absolute atomic E-state index is 0.183. The van der Waals surface area contributed by atoms with Gasteiger partial charge in [0.15, 0.2) is 6.61 Å². The van der Waals surface area contributed by atoms with Crippen LogP contribution in [0.1, 0.15) is 12.5 Å². The van der Waals surface area contributed by atoms with E-state index in [4.69, 9.17) is 21.2 Å². The van der Waals surface area contributed by atoms with Gasteiger partial charge in [0.1, 0.15) is 5.75 Å². The Kier molecular flexibility index (Phi) is 7.08. The molecular formula is C17H16BrClN2O3. The third-order valence-corrected chi connectivity index (χ3v) is 3.73. The Bertz CT molecular complexity index is 720. The van der Waals surface area contributed by atoms with E-state index in [-0.39, 0.29) is 12.5 Å². The summed E-state index contributed by atoms with van der Waals surface area (Å²) in [4.78, 5) is 16.7. The van der Waals surface area contributed by atoms with Crippen molar-refractivity contribution in [2.24, 2.45) is 5.16 Å². The third kappa shape index (κ3) is 5.86. The molecule has 0 atom stereocenters. The van der Waals surface area contributed by atoms with E-state index in [0.29, 0.717) is 17.3 Å². The first-order valence-electron chi connectivity index (χ1n) is 7.21. The quantitative estimate of drug-likeness (QED) is 0.539. The standard InChI is InChI=1S/C17H16BrClN2O3/c1-2-23-16-8-3-12(9-15(16)18)10-20-24-11-17(22)21-14-6-4-13(19)5-7-14/h3-10H,2,11H2,1H3,(H,21,22)/b20-10+. The number of hydrogen-bond acceptors (Lipinski definition) is 4. The third-order valence-electron chi connectivity index (χ3n) is 2.86. The van der Waals surface area contributed by atoms with Crippen molar-refractivity contribution in [1.29, 1.82) is 0 Å². The van der Waals surface area contributed by atoms with Gasteiger partial charge in [-0.15, -0.1) is 0 Å². The number of benzene rings is 2. The predicted molar refractivity (Wildman–Crippen MR) is 98.9 cm³/mol. The van der Waals surface area contributed by atoms with Crippen LogP contribution in [0.15, 0.2) is 52.1 Å². The number of oxime groups is 1. The maximum atomic E-state index is 11.7. The smallest absolute Gasteiger partial charge is 0.265 e. The lowest BCUT2D eigenvalue weighted by molar-refractivity contribution is -0.120. The summed E-state index contributed by atoms with van der Waals surface area (Å²) in [7, 11) is 0. The molecule has 0 unspecified atom stereocenters. The van der Waals surface area contributed by atoms with Crippen LogP contribution in [-0.4, -0.2) is 25.3 Å². The second-order valence-corrected chi connectivity index (χ2v) is 5.98. The molecule has 0 aliphatic carbocycles. The van der Waals surface area contributed by atoms with Gasteiger partial charge in [-0.2, -0.15) is 0 Å². The molecule has 0 aliphatic heterocycles. The molecule has 2 aromatic carbocycles. The number of amides is 1. The first kappa shape index (κ1) is 18.3. The average Bonchev–Trinajstić information content (AvgIpc) is 2.56. The van der Waals surface area contributed by atoms with Gasteiger partial charge < -0.3 is 14.9 Å². The lowest BCUT2D eigenvalue weighted by atomic mass is 10.2. The summed E-state index contributed by atoms with van der Waals surface area (Å²) in [5, 5.41) is 7.07. The maximum Gasteiger partial charge on any atom is 0.265 e. The monoisotopic (exact) mass is 410 g/mol. The Balaban J connectivity index is 1.80. The van der Waals surface area contributed by atoms with Crippen LogP contribution in [-0.2, 0) is 9.63 Å². The molecule has 1 N–H and O–H groups in total. The number of nitrogens with zero attached hydrogens (tertiary/aromatic N) is 1. The lowest BCUT2D eigenvalue weighted by Gasteiger charge is -2.06. The minimum Gasteiger partial charge on any atom is -0.493 e. The van der Waals surface area contributed by atoms with Gasteiger partial charge in [0.05, 0.1) is 17.3 Å². The van der Waals surface area contributed by atoms with Gasteiger partial charge in [0.25, 0.3) is 5.91 Å². The lowest BCUT2D eigenvalue weighted by Crippen LogP contribution is -2.16. The molecule has 1 amide bonds. The van der Waals surface area contributed by atoms with Crippen molar-refractivity contribution in [2.75, 3.05) is 18.5 Å². The van der Waals surface area contributed by atoms with Crippen molar-refractivity contribution in [3.05, 3.63) is 57.5 Å². The number of carbonyl (C=O) groups excluding carboxylic acids is 1. The molecule has 0 saturated carbocycles. The van der Waals surface area contributed by atoms with Gasteiger partial charge in [-0.05, 0) is 70.9 Å². The Labute approximate surface area is 153 Å². The molecule has 0 spiro atoms. The van der Waals surface area contributed by atoms with E-state index in [2.05, 4.69) is 26.4 Å². The van der Waals surface area contributed by atoms with Gasteiger partial charge in [0.2, 0.25) is 0 Å². The zero-order chi connectivity index (χ0) is 17.4. The molecule has 0 aromatic heterocycles. The van der Waals surface area contributed by atoms with Gasteiger partial charge in [0, 0.05) is 10.7 Å². The van der Waals surface area contributed by atoms with Crippen molar-refractivity contribution < 1.29 is 14.4 Å². The van der Waals surface area contributed by atoms with Crippen molar-refractivity contribution in [3.63, 3.8) is 0 Å². The summed E-state index contributed by atoms with van der Waals surface area (Å²) in [6.07, 6.45) is 1.52. The van der Waals surface area contributed by atoms with Gasteiger partial charge in [-0.25, -0.2) is 0 Å². The van der Waals surface area contributed by atoms with Crippen LogP contribution in [0.25, 0.3) is 0 Å². The number of rotatable bonds is 7. The number of hydrogen-bond donors (Lipinski definition) is 1. The van der Waals surface area contributed by atoms with Crippen LogP contribution < -0.4 is 10.1 Å². The first-order chi connectivity index (χ1) is 11.6. The summed E-state index contributed by atoms with van der Waals surface area (Å²) in [5.41, 5.74) is 1.47. The normalized spacial score (nSPS) is 10.6. The Morgan fingerprint density at radius 3 is 2.71 bits per heavy atom. The van der Waals surface area contributed by atoms with E-state index in [9.17, 15) is 4.79 Å². The van der Waals surface area contributed by atoms with E-state index < -0.39 is 0 Å². The first-order valence-corrected chi connectivity index (χ1v) is 8.38. The van der Waals surface area contributed by atoms with Crippen LogP contribution in [0.2, 0.25) is 5.02 Å². The zero-order valence-corrected chi connectivity index (χ0v) is 15.3. The second kappa shape index (κ2) is 9.30. The number of nitrogens with one attached hydrogen (secondary N) is 1. The van der Waals surface area contributed by atoms with Crippen molar-refractivity contribution >= 4 is 45.3 Å². The molecule has 7 heteroatoms. The molecule has 24 heavy (non-hydrogen) atoms. The molecule has 2 aromatic rings. The van der Waals surface area contributed by atoms with Crippen LogP contribution in [0, 0.1) is 0 Å². The Hall–Kier alpha value is -2.05. The van der Waals surface area contributed by atoms with Crippen molar-refractivity contribution in [3.8, 4) is 5.75 Å². The molecule has 0 radical (unpaired) electrons. The van der Waals surface area contributed by atoms with Crippen molar-refractivity contribution in [2.45, 2.75) is 6.92 Å². The highest BCUT2D eigenvalue weighted by molar-refractivity contribution is 9.10. The second-order valence-electron chi connectivity index (χ2n) is 4.69. The van der Waals surface area contributed by atoms with Crippen LogP contribution in [0.3, 0.4) is 0 Å². The number of ether oxygens (including phenoxy) is 1. The van der Waals surface area contributed by atoms with E-state index >= 15 is 0 Å². The summed E-state index contributed by atoms with van der Waals surface area (Å²) in [6.45, 7) is 2.33. The maximum absolute atomic E-state index is 11.7. The molecule has 0 heterocycles. The highest BCUT2D eigenvalue weighted by atomic mass is 79.9. The van der Waals surface area contributed by atoms with E-state index in [0.717, 1.165) is 15.8 Å². The molecule has 0 bridgehead atoms. The van der Waals surface area contributed by atoms with Crippen LogP contribution in [0.5, 0.6) is 5.75 Å². The number of anilines is 1. The fourth-order valence-electron chi connectivity index (χ4n) is 1.79. The van der Waals surface area contributed by atoms with E-state index in [1.165, 1.54) is 6.21 Å². The molecule has 2 rings (SSSR count). The Morgan fingerprint density at radius 2 is 2.04 bits per heavy atom. The highest BCUT2D eigenvalue weighted by Crippen LogP contribution is 2.25. The summed E-state index contributed by atoms with van der Waals surface area (Å²) >= 11 is 9.20. The van der Waals surface area contributed by atoms with Crippen molar-refractivity contribution in [1.82, 2.24) is 0 Å². The van der Waals surface area contributed by atoms with Crippen LogP contribution in [0.4, 0.5) is 5.69 Å². The molecule has 0 fully saturated rings.